The highest BCUT2D eigenvalue weighted by Crippen LogP contribution is 2.14. The SMILES string of the molecule is O=C(NCCCN1CCCC1)Nc1ccccc1C(=O)O. The van der Waals surface area contributed by atoms with Crippen LogP contribution in [0.1, 0.15) is 29.6 Å². The van der Waals surface area contributed by atoms with Gasteiger partial charge in [0.2, 0.25) is 0 Å². The van der Waals surface area contributed by atoms with E-state index < -0.39 is 5.97 Å². The largest absolute Gasteiger partial charge is 0.478 e. The molecule has 1 aromatic rings. The van der Waals surface area contributed by atoms with Crippen LogP contribution in [0.4, 0.5) is 10.5 Å². The molecule has 0 atom stereocenters. The van der Waals surface area contributed by atoms with Gasteiger partial charge in [0, 0.05) is 6.54 Å². The summed E-state index contributed by atoms with van der Waals surface area (Å²) >= 11 is 0. The number of urea groups is 1. The number of likely N-dealkylation sites (tertiary alicyclic amines) is 1. The molecule has 0 spiro atoms. The Morgan fingerprint density at radius 2 is 1.90 bits per heavy atom. The Balaban J connectivity index is 1.73. The Bertz CT molecular complexity index is 499. The maximum absolute atomic E-state index is 11.8. The predicted molar refractivity (Wildman–Crippen MR) is 80.7 cm³/mol. The maximum Gasteiger partial charge on any atom is 0.337 e. The van der Waals surface area contributed by atoms with Crippen molar-refractivity contribution in [3.05, 3.63) is 29.8 Å². The number of hydrogen-bond donors (Lipinski definition) is 3. The molecule has 0 bridgehead atoms. The van der Waals surface area contributed by atoms with Gasteiger partial charge in [-0.2, -0.15) is 0 Å². The zero-order valence-electron chi connectivity index (χ0n) is 12.0. The van der Waals surface area contributed by atoms with Gasteiger partial charge in [-0.15, -0.1) is 0 Å². The standard InChI is InChI=1S/C15H21N3O3/c19-14(20)12-6-1-2-7-13(12)17-15(21)16-8-5-11-18-9-3-4-10-18/h1-2,6-7H,3-5,8-11H2,(H,19,20)(H2,16,17,21). The Morgan fingerprint density at radius 1 is 1.19 bits per heavy atom. The Labute approximate surface area is 124 Å². The summed E-state index contributed by atoms with van der Waals surface area (Å²) in [5.41, 5.74) is 0.395. The molecule has 6 nitrogen and oxygen atoms in total. The van der Waals surface area contributed by atoms with Gasteiger partial charge < -0.3 is 20.6 Å². The number of carboxylic acid groups (broad SMARTS) is 1. The minimum Gasteiger partial charge on any atom is -0.478 e. The number of carbonyl (C=O) groups excluding carboxylic acids is 1. The summed E-state index contributed by atoms with van der Waals surface area (Å²) in [6, 6.07) is 5.99. The molecule has 6 heteroatoms. The average Bonchev–Trinajstić information content (AvgIpc) is 2.97. The lowest BCUT2D eigenvalue weighted by molar-refractivity contribution is 0.0698. The minimum atomic E-state index is -1.06. The van der Waals surface area contributed by atoms with Crippen molar-refractivity contribution in [1.82, 2.24) is 10.2 Å². The number of anilines is 1. The molecule has 0 saturated carbocycles. The number of carbonyl (C=O) groups is 2. The molecule has 1 heterocycles. The number of nitrogens with one attached hydrogen (secondary N) is 2. The van der Waals surface area contributed by atoms with Crippen molar-refractivity contribution in [2.24, 2.45) is 0 Å². The number of hydrogen-bond acceptors (Lipinski definition) is 3. The number of rotatable bonds is 6. The third-order valence-corrected chi connectivity index (χ3v) is 3.54. The Morgan fingerprint density at radius 3 is 2.62 bits per heavy atom. The van der Waals surface area contributed by atoms with E-state index in [1.54, 1.807) is 18.2 Å². The quantitative estimate of drug-likeness (QED) is 0.700. The first-order valence-electron chi connectivity index (χ1n) is 7.26. The fraction of sp³-hybridized carbons (Fsp3) is 0.467. The van der Waals surface area contributed by atoms with E-state index in [0.717, 1.165) is 26.1 Å². The first kappa shape index (κ1) is 15.3. The number of aromatic carboxylic acids is 1. The van der Waals surface area contributed by atoms with Gasteiger partial charge in [0.1, 0.15) is 0 Å². The third-order valence-electron chi connectivity index (χ3n) is 3.54. The first-order chi connectivity index (χ1) is 10.2. The van der Waals surface area contributed by atoms with E-state index in [-0.39, 0.29) is 11.6 Å². The minimum absolute atomic E-state index is 0.0877. The van der Waals surface area contributed by atoms with Crippen molar-refractivity contribution in [2.45, 2.75) is 19.3 Å². The second-order valence-corrected chi connectivity index (χ2v) is 5.13. The van der Waals surface area contributed by atoms with Gasteiger partial charge in [-0.3, -0.25) is 0 Å². The van der Waals surface area contributed by atoms with Crippen LogP contribution < -0.4 is 10.6 Å². The van der Waals surface area contributed by atoms with Crippen LogP contribution in [-0.4, -0.2) is 48.2 Å². The smallest absolute Gasteiger partial charge is 0.337 e. The van der Waals surface area contributed by atoms with Gasteiger partial charge in [-0.05, 0) is 51.0 Å². The van der Waals surface area contributed by atoms with E-state index in [1.165, 1.54) is 18.9 Å². The summed E-state index contributed by atoms with van der Waals surface area (Å²) in [6.45, 7) is 3.87. The van der Waals surface area contributed by atoms with E-state index in [9.17, 15) is 9.59 Å². The first-order valence-corrected chi connectivity index (χ1v) is 7.26. The highest BCUT2D eigenvalue weighted by molar-refractivity contribution is 5.99. The molecule has 114 valence electrons. The molecule has 3 N–H and O–H groups in total. The second kappa shape index (κ2) is 7.64. The summed E-state index contributed by atoms with van der Waals surface area (Å²) < 4.78 is 0. The van der Waals surface area contributed by atoms with Crippen molar-refractivity contribution in [3.63, 3.8) is 0 Å². The second-order valence-electron chi connectivity index (χ2n) is 5.13. The van der Waals surface area contributed by atoms with Crippen LogP contribution in [0, 0.1) is 0 Å². The fourth-order valence-corrected chi connectivity index (χ4v) is 2.46. The van der Waals surface area contributed by atoms with Gasteiger partial charge in [0.15, 0.2) is 0 Å². The van der Waals surface area contributed by atoms with Crippen molar-refractivity contribution >= 4 is 17.7 Å². The van der Waals surface area contributed by atoms with Crippen LogP contribution in [0.5, 0.6) is 0 Å². The lowest BCUT2D eigenvalue weighted by Gasteiger charge is -2.14. The van der Waals surface area contributed by atoms with Crippen LogP contribution in [0.3, 0.4) is 0 Å². The van der Waals surface area contributed by atoms with Crippen molar-refractivity contribution in [2.75, 3.05) is 31.5 Å². The van der Waals surface area contributed by atoms with E-state index in [4.69, 9.17) is 5.11 Å². The molecule has 0 unspecified atom stereocenters. The molecule has 21 heavy (non-hydrogen) atoms. The molecule has 2 rings (SSSR count). The molecular formula is C15H21N3O3. The van der Waals surface area contributed by atoms with E-state index >= 15 is 0 Å². The van der Waals surface area contributed by atoms with Crippen LogP contribution in [0.15, 0.2) is 24.3 Å². The maximum atomic E-state index is 11.8. The van der Waals surface area contributed by atoms with E-state index in [1.807, 2.05) is 0 Å². The highest BCUT2D eigenvalue weighted by Gasteiger charge is 2.12. The zero-order chi connectivity index (χ0) is 15.1. The lowest BCUT2D eigenvalue weighted by Crippen LogP contribution is -2.32. The van der Waals surface area contributed by atoms with Crippen LogP contribution >= 0.6 is 0 Å². The van der Waals surface area contributed by atoms with Crippen molar-refractivity contribution in [1.29, 1.82) is 0 Å². The predicted octanol–water partition coefficient (Wildman–Crippen LogP) is 1.99. The molecule has 0 aromatic heterocycles. The molecule has 0 aliphatic carbocycles. The molecule has 1 aromatic carbocycles. The number of carboxylic acids is 1. The zero-order valence-corrected chi connectivity index (χ0v) is 12.0. The Kier molecular flexibility index (Phi) is 5.57. The van der Waals surface area contributed by atoms with Gasteiger partial charge >= 0.3 is 12.0 Å². The van der Waals surface area contributed by atoms with Gasteiger partial charge in [0.25, 0.3) is 0 Å². The molecule has 1 fully saturated rings. The summed E-state index contributed by atoms with van der Waals surface area (Å²) in [4.78, 5) is 25.2. The lowest BCUT2D eigenvalue weighted by atomic mass is 10.2. The third kappa shape index (κ3) is 4.75. The Hall–Kier alpha value is -2.08. The summed E-state index contributed by atoms with van der Waals surface area (Å²) in [7, 11) is 0. The van der Waals surface area contributed by atoms with Crippen LogP contribution in [0.2, 0.25) is 0 Å². The number of benzene rings is 1. The normalized spacial score (nSPS) is 14.9. The number of nitrogens with zero attached hydrogens (tertiary/aromatic N) is 1. The van der Waals surface area contributed by atoms with Gasteiger partial charge in [-0.25, -0.2) is 9.59 Å². The van der Waals surface area contributed by atoms with Crippen molar-refractivity contribution < 1.29 is 14.7 Å². The van der Waals surface area contributed by atoms with Gasteiger partial charge in [0.05, 0.1) is 11.3 Å². The van der Waals surface area contributed by atoms with Crippen LogP contribution in [0.25, 0.3) is 0 Å². The molecule has 1 saturated heterocycles. The van der Waals surface area contributed by atoms with E-state index in [0.29, 0.717) is 12.2 Å². The highest BCUT2D eigenvalue weighted by atomic mass is 16.4. The average molecular weight is 291 g/mol. The molecular weight excluding hydrogens is 270 g/mol. The monoisotopic (exact) mass is 291 g/mol. The van der Waals surface area contributed by atoms with Crippen LogP contribution in [-0.2, 0) is 0 Å². The summed E-state index contributed by atoms with van der Waals surface area (Å²) in [5.74, 6) is -1.06. The van der Waals surface area contributed by atoms with Crippen molar-refractivity contribution in [3.8, 4) is 0 Å². The number of para-hydroxylation sites is 1. The topological polar surface area (TPSA) is 81.7 Å². The molecule has 1 aliphatic rings. The molecule has 0 radical (unpaired) electrons. The molecule has 2 amide bonds. The summed E-state index contributed by atoms with van der Waals surface area (Å²) in [6.07, 6.45) is 3.42. The van der Waals surface area contributed by atoms with Gasteiger partial charge in [-0.1, -0.05) is 12.1 Å². The van der Waals surface area contributed by atoms with E-state index in [2.05, 4.69) is 15.5 Å². The molecule has 1 aliphatic heterocycles. The number of amides is 2. The fourth-order valence-electron chi connectivity index (χ4n) is 2.46. The summed E-state index contributed by atoms with van der Waals surface area (Å²) in [5, 5.41) is 14.4.